The summed E-state index contributed by atoms with van der Waals surface area (Å²) in [6.45, 7) is 4.35. The Morgan fingerprint density at radius 2 is 1.74 bits per heavy atom. The fourth-order valence-corrected chi connectivity index (χ4v) is 2.13. The Labute approximate surface area is 113 Å². The van der Waals surface area contributed by atoms with Crippen molar-refractivity contribution < 1.29 is 0 Å². The zero-order valence-electron chi connectivity index (χ0n) is 11.6. The van der Waals surface area contributed by atoms with E-state index in [2.05, 4.69) is 48.6 Å². The van der Waals surface area contributed by atoms with Crippen LogP contribution in [0.4, 0.5) is 5.82 Å². The molecule has 5 nitrogen and oxygen atoms in total. The number of hydrogen-bond acceptors (Lipinski definition) is 4. The first-order chi connectivity index (χ1) is 9.04. The maximum atomic E-state index is 6.00. The van der Waals surface area contributed by atoms with Crippen LogP contribution in [0.3, 0.4) is 0 Å². The Morgan fingerprint density at radius 3 is 2.16 bits per heavy atom. The zero-order valence-corrected chi connectivity index (χ0v) is 11.6. The SMILES string of the molecule is CC(C)c1ccc(C(NN)c2cnn(C)c2N)cc1. The van der Waals surface area contributed by atoms with Crippen LogP contribution in [-0.4, -0.2) is 9.78 Å². The van der Waals surface area contributed by atoms with Crippen LogP contribution >= 0.6 is 0 Å². The molecule has 0 aliphatic heterocycles. The van der Waals surface area contributed by atoms with Crippen molar-refractivity contribution in [2.45, 2.75) is 25.8 Å². The van der Waals surface area contributed by atoms with E-state index < -0.39 is 0 Å². The third-order valence-electron chi connectivity index (χ3n) is 3.43. The molecule has 0 saturated carbocycles. The van der Waals surface area contributed by atoms with Gasteiger partial charge in [-0.3, -0.25) is 10.5 Å². The Bertz CT molecular complexity index is 541. The molecule has 1 heterocycles. The van der Waals surface area contributed by atoms with E-state index in [1.54, 1.807) is 10.9 Å². The van der Waals surface area contributed by atoms with Crippen LogP contribution in [0.25, 0.3) is 0 Å². The van der Waals surface area contributed by atoms with Gasteiger partial charge in [-0.25, -0.2) is 5.43 Å². The first kappa shape index (κ1) is 13.6. The largest absolute Gasteiger partial charge is 0.384 e. The maximum absolute atomic E-state index is 6.00. The van der Waals surface area contributed by atoms with Crippen LogP contribution in [0.5, 0.6) is 0 Å². The Balaban J connectivity index is 2.34. The molecule has 5 N–H and O–H groups in total. The lowest BCUT2D eigenvalue weighted by Crippen LogP contribution is -2.29. The molecule has 19 heavy (non-hydrogen) atoms. The standard InChI is InChI=1S/C14H21N5/c1-9(2)10-4-6-11(7-5-10)13(18-16)12-8-17-19(3)14(12)15/h4-9,13,18H,15-16H2,1-3H3. The summed E-state index contributed by atoms with van der Waals surface area (Å²) >= 11 is 0. The van der Waals surface area contributed by atoms with Gasteiger partial charge in [0.1, 0.15) is 5.82 Å². The summed E-state index contributed by atoms with van der Waals surface area (Å²) < 4.78 is 1.64. The number of aryl methyl sites for hydroxylation is 1. The number of nitrogens with zero attached hydrogens (tertiary/aromatic N) is 2. The highest BCUT2D eigenvalue weighted by atomic mass is 15.3. The number of benzene rings is 1. The van der Waals surface area contributed by atoms with Crippen molar-refractivity contribution in [2.75, 3.05) is 5.73 Å². The van der Waals surface area contributed by atoms with Crippen molar-refractivity contribution in [3.05, 3.63) is 47.2 Å². The van der Waals surface area contributed by atoms with Gasteiger partial charge in [-0.15, -0.1) is 0 Å². The van der Waals surface area contributed by atoms with Gasteiger partial charge < -0.3 is 5.73 Å². The second kappa shape index (κ2) is 5.42. The van der Waals surface area contributed by atoms with Gasteiger partial charge in [0.05, 0.1) is 12.2 Å². The van der Waals surface area contributed by atoms with Gasteiger partial charge in [-0.2, -0.15) is 5.10 Å². The molecule has 0 amide bonds. The molecule has 102 valence electrons. The van der Waals surface area contributed by atoms with Crippen molar-refractivity contribution in [1.29, 1.82) is 0 Å². The lowest BCUT2D eigenvalue weighted by molar-refractivity contribution is 0.637. The lowest BCUT2D eigenvalue weighted by Gasteiger charge is -2.17. The van der Waals surface area contributed by atoms with Crippen LogP contribution in [-0.2, 0) is 7.05 Å². The fraction of sp³-hybridized carbons (Fsp3) is 0.357. The van der Waals surface area contributed by atoms with Crippen LogP contribution in [0, 0.1) is 0 Å². The average molecular weight is 259 g/mol. The molecule has 0 spiro atoms. The molecule has 0 radical (unpaired) electrons. The van der Waals surface area contributed by atoms with Crippen LogP contribution < -0.4 is 17.0 Å². The number of rotatable bonds is 4. The third-order valence-corrected chi connectivity index (χ3v) is 3.43. The van der Waals surface area contributed by atoms with Crippen molar-refractivity contribution in [3.63, 3.8) is 0 Å². The van der Waals surface area contributed by atoms with Crippen molar-refractivity contribution in [1.82, 2.24) is 15.2 Å². The number of nitrogens with one attached hydrogen (secondary N) is 1. The average Bonchev–Trinajstić information content (AvgIpc) is 2.73. The first-order valence-electron chi connectivity index (χ1n) is 6.38. The van der Waals surface area contributed by atoms with E-state index in [0.29, 0.717) is 11.7 Å². The van der Waals surface area contributed by atoms with E-state index in [9.17, 15) is 0 Å². The summed E-state index contributed by atoms with van der Waals surface area (Å²) in [5.74, 6) is 6.81. The van der Waals surface area contributed by atoms with Crippen LogP contribution in [0.15, 0.2) is 30.5 Å². The molecule has 2 rings (SSSR count). The summed E-state index contributed by atoms with van der Waals surface area (Å²) in [5.41, 5.74) is 12.1. The lowest BCUT2D eigenvalue weighted by atomic mass is 9.97. The molecule has 1 unspecified atom stereocenters. The Morgan fingerprint density at radius 1 is 1.16 bits per heavy atom. The number of nitrogen functional groups attached to an aromatic ring is 1. The predicted molar refractivity (Wildman–Crippen MR) is 77.3 cm³/mol. The maximum Gasteiger partial charge on any atom is 0.126 e. The molecule has 0 aliphatic rings. The minimum absolute atomic E-state index is 0.144. The van der Waals surface area contributed by atoms with E-state index >= 15 is 0 Å². The van der Waals surface area contributed by atoms with Crippen molar-refractivity contribution >= 4 is 5.82 Å². The predicted octanol–water partition coefficient (Wildman–Crippen LogP) is 1.68. The minimum atomic E-state index is -0.144. The topological polar surface area (TPSA) is 81.9 Å². The normalized spacial score (nSPS) is 12.9. The Hall–Kier alpha value is -1.85. The van der Waals surface area contributed by atoms with Gasteiger partial charge in [0.2, 0.25) is 0 Å². The summed E-state index contributed by atoms with van der Waals surface area (Å²) in [4.78, 5) is 0. The van der Waals surface area contributed by atoms with E-state index in [1.807, 2.05) is 7.05 Å². The highest BCUT2D eigenvalue weighted by molar-refractivity contribution is 5.45. The van der Waals surface area contributed by atoms with Gasteiger partial charge in [0.15, 0.2) is 0 Å². The second-order valence-electron chi connectivity index (χ2n) is 5.03. The number of aromatic nitrogens is 2. The molecule has 5 heteroatoms. The molecule has 0 aliphatic carbocycles. The van der Waals surface area contributed by atoms with Crippen LogP contribution in [0.1, 0.15) is 42.5 Å². The molecule has 0 bridgehead atoms. The van der Waals surface area contributed by atoms with Gasteiger partial charge in [0.25, 0.3) is 0 Å². The molecule has 1 aromatic heterocycles. The van der Waals surface area contributed by atoms with Gasteiger partial charge in [-0.1, -0.05) is 38.1 Å². The molecule has 1 atom stereocenters. The van der Waals surface area contributed by atoms with Gasteiger partial charge in [0, 0.05) is 12.6 Å². The summed E-state index contributed by atoms with van der Waals surface area (Å²) in [7, 11) is 1.81. The summed E-state index contributed by atoms with van der Waals surface area (Å²) in [5, 5.41) is 4.15. The number of hydrazine groups is 1. The van der Waals surface area contributed by atoms with Gasteiger partial charge in [-0.05, 0) is 17.0 Å². The fourth-order valence-electron chi connectivity index (χ4n) is 2.13. The zero-order chi connectivity index (χ0) is 14.0. The second-order valence-corrected chi connectivity index (χ2v) is 5.03. The monoisotopic (exact) mass is 259 g/mol. The van der Waals surface area contributed by atoms with E-state index in [0.717, 1.165) is 11.1 Å². The quantitative estimate of drug-likeness (QED) is 0.576. The molecule has 0 fully saturated rings. The highest BCUT2D eigenvalue weighted by Gasteiger charge is 2.18. The molecule has 2 aromatic rings. The first-order valence-corrected chi connectivity index (χ1v) is 6.38. The van der Waals surface area contributed by atoms with Crippen LogP contribution in [0.2, 0.25) is 0 Å². The van der Waals surface area contributed by atoms with Crippen molar-refractivity contribution in [2.24, 2.45) is 12.9 Å². The molecular weight excluding hydrogens is 238 g/mol. The van der Waals surface area contributed by atoms with E-state index in [4.69, 9.17) is 11.6 Å². The smallest absolute Gasteiger partial charge is 0.126 e. The third kappa shape index (κ3) is 2.62. The Kier molecular flexibility index (Phi) is 3.87. The molecular formula is C14H21N5. The number of nitrogens with two attached hydrogens (primary N) is 2. The summed E-state index contributed by atoms with van der Waals surface area (Å²) in [6.07, 6.45) is 1.75. The molecule has 0 saturated heterocycles. The van der Waals surface area contributed by atoms with E-state index in [1.165, 1.54) is 5.56 Å². The van der Waals surface area contributed by atoms with Gasteiger partial charge >= 0.3 is 0 Å². The minimum Gasteiger partial charge on any atom is -0.384 e. The van der Waals surface area contributed by atoms with E-state index in [-0.39, 0.29) is 6.04 Å². The molecule has 1 aromatic carbocycles. The van der Waals surface area contributed by atoms with Crippen molar-refractivity contribution in [3.8, 4) is 0 Å². The number of hydrogen-bond donors (Lipinski definition) is 3. The highest BCUT2D eigenvalue weighted by Crippen LogP contribution is 2.26. The summed E-state index contributed by atoms with van der Waals surface area (Å²) in [6, 6.07) is 8.25. The number of anilines is 1.